The number of fused-ring (bicyclic) bond motifs is 1. The number of nitrogens with zero attached hydrogens (tertiary/aromatic N) is 5. The molecule has 1 aliphatic carbocycles. The van der Waals surface area contributed by atoms with E-state index in [-0.39, 0.29) is 5.56 Å². The lowest BCUT2D eigenvalue weighted by Gasteiger charge is -2.37. The zero-order valence-corrected chi connectivity index (χ0v) is 15.4. The Morgan fingerprint density at radius 1 is 1.07 bits per heavy atom. The molecule has 1 saturated heterocycles. The minimum atomic E-state index is -0.414. The molecule has 0 saturated carbocycles. The Kier molecular flexibility index (Phi) is 4.44. The average molecular weight is 366 g/mol. The van der Waals surface area contributed by atoms with E-state index in [4.69, 9.17) is 4.98 Å². The molecule has 0 atom stereocenters. The molecule has 3 heterocycles. The van der Waals surface area contributed by atoms with Gasteiger partial charge in [0.15, 0.2) is 0 Å². The maximum absolute atomic E-state index is 11.9. The average Bonchev–Trinajstić information content (AvgIpc) is 2.70. The van der Waals surface area contributed by atoms with Crippen molar-refractivity contribution in [3.05, 3.63) is 49.8 Å². The Labute approximate surface area is 156 Å². The number of hydrogen-bond acceptors (Lipinski definition) is 6. The van der Waals surface area contributed by atoms with Crippen LogP contribution >= 0.6 is 0 Å². The van der Waals surface area contributed by atoms with E-state index in [1.54, 1.807) is 0 Å². The third-order valence-corrected chi connectivity index (χ3v) is 5.45. The number of anilines is 2. The highest BCUT2D eigenvalue weighted by Crippen LogP contribution is 2.27. The Morgan fingerprint density at radius 2 is 1.78 bits per heavy atom. The molecule has 2 aliphatic rings. The number of hydrogen-bond donors (Lipinski definition) is 1. The van der Waals surface area contributed by atoms with E-state index in [0.717, 1.165) is 41.8 Å². The van der Waals surface area contributed by atoms with Crippen molar-refractivity contribution in [1.29, 1.82) is 5.26 Å². The van der Waals surface area contributed by atoms with E-state index in [2.05, 4.69) is 16.0 Å². The van der Waals surface area contributed by atoms with Crippen LogP contribution in [0.4, 0.5) is 11.6 Å². The third-order valence-electron chi connectivity index (χ3n) is 5.45. The molecule has 27 heavy (non-hydrogen) atoms. The predicted octanol–water partition coefficient (Wildman–Crippen LogP) is 0.546. The number of H-pyrrole nitrogens is 1. The Morgan fingerprint density at radius 3 is 2.48 bits per heavy atom. The first-order chi connectivity index (χ1) is 13.1. The molecule has 0 bridgehead atoms. The van der Waals surface area contributed by atoms with Crippen LogP contribution in [-0.2, 0) is 19.9 Å². The number of nitrogens with one attached hydrogen (secondary N) is 1. The summed E-state index contributed by atoms with van der Waals surface area (Å²) in [7, 11) is 1.45. The molecular weight excluding hydrogens is 344 g/mol. The minimum Gasteiger partial charge on any atom is -0.354 e. The van der Waals surface area contributed by atoms with Crippen LogP contribution in [0.1, 0.15) is 29.7 Å². The van der Waals surface area contributed by atoms with Gasteiger partial charge in [-0.1, -0.05) is 0 Å². The molecule has 140 valence electrons. The normalized spacial score (nSPS) is 16.7. The van der Waals surface area contributed by atoms with Crippen molar-refractivity contribution in [2.24, 2.45) is 7.05 Å². The first-order valence-electron chi connectivity index (χ1n) is 9.30. The Hall–Kier alpha value is -3.08. The Balaban J connectivity index is 1.55. The van der Waals surface area contributed by atoms with Gasteiger partial charge in [-0.3, -0.25) is 14.3 Å². The zero-order valence-electron chi connectivity index (χ0n) is 15.4. The number of aromatic nitrogens is 3. The predicted molar refractivity (Wildman–Crippen MR) is 102 cm³/mol. The second-order valence-corrected chi connectivity index (χ2v) is 7.12. The number of aromatic amines is 1. The van der Waals surface area contributed by atoms with E-state index in [1.165, 1.54) is 18.7 Å². The second-order valence-electron chi connectivity index (χ2n) is 7.12. The molecule has 0 amide bonds. The highest BCUT2D eigenvalue weighted by Gasteiger charge is 2.24. The monoisotopic (exact) mass is 366 g/mol. The van der Waals surface area contributed by atoms with Crippen molar-refractivity contribution in [2.75, 3.05) is 36.0 Å². The van der Waals surface area contributed by atoms with Crippen LogP contribution in [0.5, 0.6) is 0 Å². The third kappa shape index (κ3) is 3.21. The lowest BCUT2D eigenvalue weighted by Crippen LogP contribution is -2.48. The summed E-state index contributed by atoms with van der Waals surface area (Å²) in [6, 6.07) is 5.75. The molecule has 2 aromatic heterocycles. The van der Waals surface area contributed by atoms with Crippen molar-refractivity contribution in [1.82, 2.24) is 14.5 Å². The van der Waals surface area contributed by atoms with Gasteiger partial charge in [0.2, 0.25) is 0 Å². The molecule has 0 radical (unpaired) electrons. The lowest BCUT2D eigenvalue weighted by atomic mass is 9.95. The number of rotatable bonds is 2. The maximum atomic E-state index is 11.9. The van der Waals surface area contributed by atoms with Gasteiger partial charge in [0.1, 0.15) is 17.7 Å². The summed E-state index contributed by atoms with van der Waals surface area (Å²) in [5.74, 6) is 1.30. The second kappa shape index (κ2) is 6.91. The van der Waals surface area contributed by atoms with E-state index < -0.39 is 5.69 Å². The van der Waals surface area contributed by atoms with Gasteiger partial charge in [0, 0.05) is 45.0 Å². The quantitative estimate of drug-likeness (QED) is 0.833. The fourth-order valence-corrected chi connectivity index (χ4v) is 3.82. The maximum Gasteiger partial charge on any atom is 0.329 e. The standard InChI is InChI=1S/C19H22N6O2/c1-23-17(26)11-16(22-19(23)27)24-6-8-25(9-7-24)18-14(12-20)10-13-4-2-3-5-15(13)21-18/h10-11H,2-9H2,1H3,(H,22,27). The van der Waals surface area contributed by atoms with Gasteiger partial charge >= 0.3 is 5.69 Å². The Bertz CT molecular complexity index is 993. The molecule has 0 spiro atoms. The van der Waals surface area contributed by atoms with Crippen LogP contribution in [0.15, 0.2) is 21.7 Å². The fourth-order valence-electron chi connectivity index (χ4n) is 3.82. The summed E-state index contributed by atoms with van der Waals surface area (Å²) < 4.78 is 1.05. The van der Waals surface area contributed by atoms with Crippen LogP contribution < -0.4 is 21.0 Å². The smallest absolute Gasteiger partial charge is 0.329 e. The molecule has 8 heteroatoms. The summed E-state index contributed by atoms with van der Waals surface area (Å²) >= 11 is 0. The molecule has 2 aromatic rings. The lowest BCUT2D eigenvalue weighted by molar-refractivity contribution is 0.626. The highest BCUT2D eigenvalue weighted by molar-refractivity contribution is 5.57. The van der Waals surface area contributed by atoms with Gasteiger partial charge in [-0.05, 0) is 37.3 Å². The van der Waals surface area contributed by atoms with E-state index >= 15 is 0 Å². The van der Waals surface area contributed by atoms with Crippen LogP contribution in [0, 0.1) is 11.3 Å². The number of pyridine rings is 1. The van der Waals surface area contributed by atoms with Crippen molar-refractivity contribution in [3.8, 4) is 6.07 Å². The van der Waals surface area contributed by atoms with Gasteiger partial charge in [-0.2, -0.15) is 5.26 Å². The largest absolute Gasteiger partial charge is 0.354 e. The van der Waals surface area contributed by atoms with Crippen LogP contribution in [-0.4, -0.2) is 40.7 Å². The molecule has 0 unspecified atom stereocenters. The summed E-state index contributed by atoms with van der Waals surface area (Å²) in [6.07, 6.45) is 4.28. The van der Waals surface area contributed by atoms with Crippen LogP contribution in [0.3, 0.4) is 0 Å². The van der Waals surface area contributed by atoms with Gasteiger partial charge in [0.05, 0.1) is 5.56 Å². The summed E-state index contributed by atoms with van der Waals surface area (Å²) in [4.78, 5) is 35.4. The minimum absolute atomic E-state index is 0.320. The number of nitriles is 1. The molecule has 1 aliphatic heterocycles. The molecule has 1 fully saturated rings. The SMILES string of the molecule is Cn1c(=O)cc(N2CCN(c3nc4c(cc3C#N)CCCC4)CC2)[nH]c1=O. The highest BCUT2D eigenvalue weighted by atomic mass is 16.2. The summed E-state index contributed by atoms with van der Waals surface area (Å²) in [5, 5.41) is 9.56. The molecule has 4 rings (SSSR count). The van der Waals surface area contributed by atoms with Crippen molar-refractivity contribution in [2.45, 2.75) is 25.7 Å². The van der Waals surface area contributed by atoms with E-state index in [9.17, 15) is 14.9 Å². The van der Waals surface area contributed by atoms with E-state index in [1.807, 2.05) is 11.0 Å². The van der Waals surface area contributed by atoms with Crippen LogP contribution in [0.25, 0.3) is 0 Å². The van der Waals surface area contributed by atoms with E-state index in [0.29, 0.717) is 37.6 Å². The van der Waals surface area contributed by atoms with Crippen molar-refractivity contribution in [3.63, 3.8) is 0 Å². The number of aryl methyl sites for hydroxylation is 2. The molecule has 1 N–H and O–H groups in total. The first-order valence-corrected chi connectivity index (χ1v) is 9.30. The summed E-state index contributed by atoms with van der Waals surface area (Å²) in [5.41, 5.74) is 2.22. The van der Waals surface area contributed by atoms with Crippen molar-refractivity contribution >= 4 is 11.6 Å². The van der Waals surface area contributed by atoms with Gasteiger partial charge in [0.25, 0.3) is 5.56 Å². The van der Waals surface area contributed by atoms with Crippen LogP contribution in [0.2, 0.25) is 0 Å². The van der Waals surface area contributed by atoms with Gasteiger partial charge in [-0.25, -0.2) is 9.78 Å². The van der Waals surface area contributed by atoms with Crippen molar-refractivity contribution < 1.29 is 0 Å². The first kappa shape index (κ1) is 17.3. The van der Waals surface area contributed by atoms with Gasteiger partial charge < -0.3 is 9.80 Å². The molecular formula is C19H22N6O2. The summed E-state index contributed by atoms with van der Waals surface area (Å²) in [6.45, 7) is 2.65. The fraction of sp³-hybridized carbons (Fsp3) is 0.474. The molecule has 0 aromatic carbocycles. The van der Waals surface area contributed by atoms with Gasteiger partial charge in [-0.15, -0.1) is 0 Å². The zero-order chi connectivity index (χ0) is 19.0. The molecule has 8 nitrogen and oxygen atoms in total. The number of piperazine rings is 1. The topological polar surface area (TPSA) is 98.0 Å².